The summed E-state index contributed by atoms with van der Waals surface area (Å²) in [4.78, 5) is 13.2. The molecule has 23 heavy (non-hydrogen) atoms. The normalized spacial score (nSPS) is 16.6. The number of carbonyl (C=O) groups excluding carboxylic acids is 1. The van der Waals surface area contributed by atoms with Crippen molar-refractivity contribution < 1.29 is 25.2 Å². The van der Waals surface area contributed by atoms with Gasteiger partial charge in [-0.2, -0.15) is 0 Å². The van der Waals surface area contributed by atoms with Crippen LogP contribution in [0, 0.1) is 0 Å². The van der Waals surface area contributed by atoms with Crippen LogP contribution in [0.5, 0.6) is 0 Å². The van der Waals surface area contributed by atoms with Crippen LogP contribution in [0.3, 0.4) is 0 Å². The van der Waals surface area contributed by atoms with Gasteiger partial charge >= 0.3 is 0 Å². The average molecular weight is 324 g/mol. The molecule has 0 saturated heterocycles. The van der Waals surface area contributed by atoms with Crippen LogP contribution in [0.25, 0.3) is 0 Å². The fourth-order valence-electron chi connectivity index (χ4n) is 2.96. The van der Waals surface area contributed by atoms with E-state index in [1.54, 1.807) is 12.1 Å². The Labute approximate surface area is 135 Å². The van der Waals surface area contributed by atoms with E-state index in [1.807, 2.05) is 13.8 Å². The van der Waals surface area contributed by atoms with Gasteiger partial charge in [-0.15, -0.1) is 0 Å². The minimum Gasteiger partial charge on any atom is -0.354 e. The van der Waals surface area contributed by atoms with Crippen molar-refractivity contribution in [3.63, 3.8) is 0 Å². The molecule has 0 aliphatic carbocycles. The Morgan fingerprint density at radius 3 is 2.35 bits per heavy atom. The highest BCUT2D eigenvalue weighted by Crippen LogP contribution is 2.37. The first-order chi connectivity index (χ1) is 10.7. The molecule has 0 atom stereocenters. The molecular formula is C16H24N2O5. The zero-order valence-corrected chi connectivity index (χ0v) is 13.4. The van der Waals surface area contributed by atoms with E-state index in [0.717, 1.165) is 12.8 Å². The SMILES string of the molecule is CCCN(CCC)C(O)(O)Cc1cccc2c1C(O)(O)C(=O)N2. The second-order valence-corrected chi connectivity index (χ2v) is 5.90. The Hall–Kier alpha value is -1.51. The standard InChI is InChI=1S/C16H24N2O5/c1-3-8-18(9-4-2)15(20,21)10-11-6-5-7-12-13(11)16(22,23)14(19)17-12/h5-7,20-23H,3-4,8-10H2,1-2H3,(H,17,19). The smallest absolute Gasteiger partial charge is 0.289 e. The molecular weight excluding hydrogens is 300 g/mol. The van der Waals surface area contributed by atoms with Crippen LogP contribution in [-0.4, -0.2) is 50.2 Å². The summed E-state index contributed by atoms with van der Waals surface area (Å²) < 4.78 is 0. The molecule has 0 saturated carbocycles. The molecule has 0 spiro atoms. The lowest BCUT2D eigenvalue weighted by atomic mass is 9.96. The van der Waals surface area contributed by atoms with Gasteiger partial charge in [-0.05, 0) is 24.5 Å². The topological polar surface area (TPSA) is 113 Å². The number of hydrogen-bond acceptors (Lipinski definition) is 6. The number of fused-ring (bicyclic) bond motifs is 1. The predicted molar refractivity (Wildman–Crippen MR) is 84.2 cm³/mol. The minimum absolute atomic E-state index is 0.0228. The Morgan fingerprint density at radius 1 is 1.17 bits per heavy atom. The first kappa shape index (κ1) is 17.8. The second-order valence-electron chi connectivity index (χ2n) is 5.90. The molecule has 1 aromatic rings. The lowest BCUT2D eigenvalue weighted by molar-refractivity contribution is -0.263. The predicted octanol–water partition coefficient (Wildman–Crippen LogP) is 0.0790. The zero-order chi connectivity index (χ0) is 17.3. The summed E-state index contributed by atoms with van der Waals surface area (Å²) in [6.07, 6.45) is 1.26. The van der Waals surface area contributed by atoms with Crippen molar-refractivity contribution in [1.82, 2.24) is 4.90 Å². The van der Waals surface area contributed by atoms with E-state index in [-0.39, 0.29) is 17.7 Å². The van der Waals surface area contributed by atoms with E-state index in [9.17, 15) is 25.2 Å². The fraction of sp³-hybridized carbons (Fsp3) is 0.562. The third-order valence-electron chi connectivity index (χ3n) is 3.99. The van der Waals surface area contributed by atoms with Gasteiger partial charge in [0.15, 0.2) is 0 Å². The summed E-state index contributed by atoms with van der Waals surface area (Å²) >= 11 is 0. The molecule has 0 radical (unpaired) electrons. The van der Waals surface area contributed by atoms with E-state index in [4.69, 9.17) is 0 Å². The van der Waals surface area contributed by atoms with Gasteiger partial charge in [-0.1, -0.05) is 26.0 Å². The third-order valence-corrected chi connectivity index (χ3v) is 3.99. The van der Waals surface area contributed by atoms with Crippen molar-refractivity contribution in [2.24, 2.45) is 0 Å². The van der Waals surface area contributed by atoms with Gasteiger partial charge in [0.2, 0.25) is 5.91 Å². The largest absolute Gasteiger partial charge is 0.354 e. The lowest BCUT2D eigenvalue weighted by Gasteiger charge is -2.35. The van der Waals surface area contributed by atoms with Crippen LogP contribution in [0.2, 0.25) is 0 Å². The molecule has 0 unspecified atom stereocenters. The van der Waals surface area contributed by atoms with Gasteiger partial charge in [-0.3, -0.25) is 9.69 Å². The molecule has 128 valence electrons. The number of anilines is 1. The number of amides is 1. The van der Waals surface area contributed by atoms with Gasteiger partial charge in [0, 0.05) is 25.1 Å². The van der Waals surface area contributed by atoms with Crippen LogP contribution in [0.15, 0.2) is 18.2 Å². The summed E-state index contributed by atoms with van der Waals surface area (Å²) in [6.45, 7) is 4.87. The number of hydrogen-bond donors (Lipinski definition) is 5. The van der Waals surface area contributed by atoms with E-state index in [0.29, 0.717) is 18.7 Å². The first-order valence-corrected chi connectivity index (χ1v) is 7.82. The molecule has 1 aliphatic rings. The van der Waals surface area contributed by atoms with Crippen molar-refractivity contribution in [3.05, 3.63) is 29.3 Å². The number of nitrogens with one attached hydrogen (secondary N) is 1. The monoisotopic (exact) mass is 324 g/mol. The Bertz CT molecular complexity index is 580. The summed E-state index contributed by atoms with van der Waals surface area (Å²) in [5.74, 6) is -5.74. The number of carbonyl (C=O) groups is 1. The second kappa shape index (κ2) is 6.54. The Kier molecular flexibility index (Phi) is 5.07. The molecule has 0 fully saturated rings. The molecule has 1 aromatic carbocycles. The maximum atomic E-state index is 11.7. The number of benzene rings is 1. The van der Waals surface area contributed by atoms with Gasteiger partial charge in [0.1, 0.15) is 0 Å². The van der Waals surface area contributed by atoms with Crippen LogP contribution in [0.1, 0.15) is 37.8 Å². The molecule has 7 nitrogen and oxygen atoms in total. The van der Waals surface area contributed by atoms with Crippen molar-refractivity contribution in [3.8, 4) is 0 Å². The molecule has 7 heteroatoms. The van der Waals surface area contributed by atoms with Gasteiger partial charge < -0.3 is 25.7 Å². The zero-order valence-electron chi connectivity index (χ0n) is 13.4. The molecule has 1 aliphatic heterocycles. The maximum absolute atomic E-state index is 11.7. The summed E-state index contributed by atoms with van der Waals surface area (Å²) in [5.41, 5.74) is 0.546. The summed E-state index contributed by atoms with van der Waals surface area (Å²) in [6, 6.07) is 4.71. The quantitative estimate of drug-likeness (QED) is 0.454. The number of rotatable bonds is 7. The molecule has 1 heterocycles. The van der Waals surface area contributed by atoms with E-state index < -0.39 is 17.6 Å². The summed E-state index contributed by atoms with van der Waals surface area (Å²) in [7, 11) is 0. The van der Waals surface area contributed by atoms with Gasteiger partial charge in [0.25, 0.3) is 11.7 Å². The minimum atomic E-state index is -2.66. The van der Waals surface area contributed by atoms with Crippen molar-refractivity contribution >= 4 is 11.6 Å². The van der Waals surface area contributed by atoms with E-state index in [2.05, 4.69) is 5.32 Å². The average Bonchev–Trinajstić information content (AvgIpc) is 2.69. The molecule has 5 N–H and O–H groups in total. The van der Waals surface area contributed by atoms with Crippen LogP contribution in [0.4, 0.5) is 5.69 Å². The number of nitrogens with zero attached hydrogens (tertiary/aromatic N) is 1. The maximum Gasteiger partial charge on any atom is 0.289 e. The van der Waals surface area contributed by atoms with Crippen LogP contribution >= 0.6 is 0 Å². The highest BCUT2D eigenvalue weighted by Gasteiger charge is 2.46. The highest BCUT2D eigenvalue weighted by atomic mass is 16.5. The van der Waals surface area contributed by atoms with E-state index >= 15 is 0 Å². The Morgan fingerprint density at radius 2 is 1.78 bits per heavy atom. The van der Waals surface area contributed by atoms with Crippen molar-refractivity contribution in [1.29, 1.82) is 0 Å². The molecule has 0 bridgehead atoms. The van der Waals surface area contributed by atoms with Crippen molar-refractivity contribution in [2.45, 2.75) is 44.8 Å². The highest BCUT2D eigenvalue weighted by molar-refractivity contribution is 6.04. The van der Waals surface area contributed by atoms with Gasteiger partial charge in [-0.25, -0.2) is 0 Å². The number of aliphatic hydroxyl groups is 4. The van der Waals surface area contributed by atoms with Crippen molar-refractivity contribution in [2.75, 3.05) is 18.4 Å². The lowest BCUT2D eigenvalue weighted by Crippen LogP contribution is -2.51. The molecule has 2 rings (SSSR count). The Balaban J connectivity index is 2.34. The summed E-state index contributed by atoms with van der Waals surface area (Å²) in [5, 5.41) is 43.3. The van der Waals surface area contributed by atoms with E-state index in [1.165, 1.54) is 11.0 Å². The van der Waals surface area contributed by atoms with Crippen LogP contribution < -0.4 is 5.32 Å². The molecule has 1 amide bonds. The van der Waals surface area contributed by atoms with Crippen LogP contribution in [-0.2, 0) is 17.0 Å². The molecule has 0 aromatic heterocycles. The first-order valence-electron chi connectivity index (χ1n) is 7.82. The van der Waals surface area contributed by atoms with Gasteiger partial charge in [0.05, 0.1) is 5.69 Å². The third kappa shape index (κ3) is 3.39. The fourth-order valence-corrected chi connectivity index (χ4v) is 2.96.